The first-order chi connectivity index (χ1) is 9.83. The molecule has 0 heterocycles. The van der Waals surface area contributed by atoms with E-state index in [1.807, 2.05) is 0 Å². The molecule has 3 N–H and O–H groups in total. The summed E-state index contributed by atoms with van der Waals surface area (Å²) in [6, 6.07) is 8.64. The Morgan fingerprint density at radius 1 is 1.14 bits per heavy atom. The molecule has 0 radical (unpaired) electrons. The molecule has 112 valence electrons. The molecule has 2 rings (SSSR count). The van der Waals surface area contributed by atoms with Gasteiger partial charge in [-0.05, 0) is 36.4 Å². The highest BCUT2D eigenvalue weighted by atomic mass is 35.5. The lowest BCUT2D eigenvalue weighted by atomic mass is 10.3. The second-order valence-corrected chi connectivity index (χ2v) is 6.66. The third-order valence-electron chi connectivity index (χ3n) is 2.69. The van der Waals surface area contributed by atoms with Gasteiger partial charge in [0.15, 0.2) is 0 Å². The molecule has 8 heteroatoms. The SMILES string of the molecule is COc1ccc(S(=O)(=O)Nc2ccc(Cl)cc2Cl)cc1N. The summed E-state index contributed by atoms with van der Waals surface area (Å²) in [5.41, 5.74) is 6.17. The summed E-state index contributed by atoms with van der Waals surface area (Å²) >= 11 is 11.7. The number of hydrogen-bond donors (Lipinski definition) is 2. The van der Waals surface area contributed by atoms with Crippen LogP contribution < -0.4 is 15.2 Å². The number of nitrogens with two attached hydrogens (primary N) is 1. The minimum Gasteiger partial charge on any atom is -0.495 e. The number of halogens is 2. The monoisotopic (exact) mass is 346 g/mol. The first-order valence-corrected chi connectivity index (χ1v) is 7.99. The Kier molecular flexibility index (Phi) is 4.51. The van der Waals surface area contributed by atoms with E-state index in [0.717, 1.165) is 0 Å². The van der Waals surface area contributed by atoms with Crippen LogP contribution in [0.15, 0.2) is 41.3 Å². The van der Waals surface area contributed by atoms with E-state index in [0.29, 0.717) is 10.8 Å². The number of benzene rings is 2. The van der Waals surface area contributed by atoms with Crippen LogP contribution in [-0.4, -0.2) is 15.5 Å². The fraction of sp³-hybridized carbons (Fsp3) is 0.0769. The molecule has 0 spiro atoms. The molecular weight excluding hydrogens is 335 g/mol. The molecular formula is C13H12Cl2N2O3S. The Bertz CT molecular complexity index is 779. The Balaban J connectivity index is 2.36. The van der Waals surface area contributed by atoms with Crippen molar-refractivity contribution in [2.24, 2.45) is 0 Å². The highest BCUT2D eigenvalue weighted by Gasteiger charge is 2.17. The van der Waals surface area contributed by atoms with E-state index in [1.165, 1.54) is 43.5 Å². The lowest BCUT2D eigenvalue weighted by molar-refractivity contribution is 0.416. The molecule has 2 aromatic rings. The lowest BCUT2D eigenvalue weighted by Gasteiger charge is -2.11. The van der Waals surface area contributed by atoms with E-state index >= 15 is 0 Å². The van der Waals surface area contributed by atoms with Crippen molar-refractivity contribution in [1.82, 2.24) is 0 Å². The number of anilines is 2. The van der Waals surface area contributed by atoms with Gasteiger partial charge in [0.25, 0.3) is 10.0 Å². The molecule has 0 aliphatic heterocycles. The third kappa shape index (κ3) is 3.53. The molecule has 5 nitrogen and oxygen atoms in total. The van der Waals surface area contributed by atoms with Crippen LogP contribution in [0, 0.1) is 0 Å². The van der Waals surface area contributed by atoms with Crippen molar-refractivity contribution in [2.45, 2.75) is 4.90 Å². The maximum Gasteiger partial charge on any atom is 0.262 e. The highest BCUT2D eigenvalue weighted by Crippen LogP contribution is 2.29. The molecule has 0 aromatic heterocycles. The molecule has 0 saturated heterocycles. The van der Waals surface area contributed by atoms with E-state index in [-0.39, 0.29) is 21.3 Å². The normalized spacial score (nSPS) is 11.2. The van der Waals surface area contributed by atoms with Crippen LogP contribution in [-0.2, 0) is 10.0 Å². The number of methoxy groups -OCH3 is 1. The van der Waals surface area contributed by atoms with Crippen molar-refractivity contribution in [3.05, 3.63) is 46.4 Å². The van der Waals surface area contributed by atoms with Crippen molar-refractivity contribution < 1.29 is 13.2 Å². The molecule has 2 aromatic carbocycles. The maximum atomic E-state index is 12.3. The zero-order valence-electron chi connectivity index (χ0n) is 10.9. The van der Waals surface area contributed by atoms with Gasteiger partial charge in [-0.15, -0.1) is 0 Å². The largest absolute Gasteiger partial charge is 0.495 e. The van der Waals surface area contributed by atoms with Crippen molar-refractivity contribution in [2.75, 3.05) is 17.6 Å². The highest BCUT2D eigenvalue weighted by molar-refractivity contribution is 7.92. The summed E-state index contributed by atoms with van der Waals surface area (Å²) in [7, 11) is -2.36. The van der Waals surface area contributed by atoms with Gasteiger partial charge in [-0.2, -0.15) is 0 Å². The topological polar surface area (TPSA) is 81.4 Å². The van der Waals surface area contributed by atoms with Crippen molar-refractivity contribution in [1.29, 1.82) is 0 Å². The summed E-state index contributed by atoms with van der Waals surface area (Å²) in [5, 5.41) is 0.615. The van der Waals surface area contributed by atoms with Crippen LogP contribution in [0.1, 0.15) is 0 Å². The third-order valence-corrected chi connectivity index (χ3v) is 4.60. The zero-order chi connectivity index (χ0) is 15.6. The van der Waals surface area contributed by atoms with Gasteiger partial charge in [0, 0.05) is 5.02 Å². The standard InChI is InChI=1S/C13H12Cl2N2O3S/c1-20-13-5-3-9(7-11(13)16)21(18,19)17-12-4-2-8(14)6-10(12)15/h2-7,17H,16H2,1H3. The number of nitrogen functional groups attached to an aromatic ring is 1. The van der Waals surface area contributed by atoms with Gasteiger partial charge in [-0.25, -0.2) is 8.42 Å². The molecule has 0 atom stereocenters. The van der Waals surface area contributed by atoms with E-state index in [9.17, 15) is 8.42 Å². The fourth-order valence-electron chi connectivity index (χ4n) is 1.66. The van der Waals surface area contributed by atoms with E-state index < -0.39 is 10.0 Å². The smallest absolute Gasteiger partial charge is 0.262 e. The molecule has 0 amide bonds. The predicted molar refractivity (Wildman–Crippen MR) is 84.7 cm³/mol. The Hall–Kier alpha value is -1.63. The Morgan fingerprint density at radius 2 is 1.86 bits per heavy atom. The van der Waals surface area contributed by atoms with Gasteiger partial charge >= 0.3 is 0 Å². The molecule has 21 heavy (non-hydrogen) atoms. The first kappa shape index (κ1) is 15.8. The average Bonchev–Trinajstić information content (AvgIpc) is 2.42. The average molecular weight is 347 g/mol. The molecule has 0 aliphatic carbocycles. The van der Waals surface area contributed by atoms with Crippen LogP contribution in [0.4, 0.5) is 11.4 Å². The lowest BCUT2D eigenvalue weighted by Crippen LogP contribution is -2.13. The van der Waals surface area contributed by atoms with Crippen LogP contribution in [0.2, 0.25) is 10.0 Å². The van der Waals surface area contributed by atoms with E-state index in [2.05, 4.69) is 4.72 Å². The predicted octanol–water partition coefficient (Wildman–Crippen LogP) is 3.39. The van der Waals surface area contributed by atoms with Gasteiger partial charge in [0.1, 0.15) is 5.75 Å². The maximum absolute atomic E-state index is 12.3. The minimum absolute atomic E-state index is 0.00631. The molecule has 0 bridgehead atoms. The van der Waals surface area contributed by atoms with Gasteiger partial charge in [0.05, 0.1) is 28.4 Å². The quantitative estimate of drug-likeness (QED) is 0.831. The number of hydrogen-bond acceptors (Lipinski definition) is 4. The summed E-state index contributed by atoms with van der Waals surface area (Å²) in [6.45, 7) is 0. The molecule has 0 aliphatic rings. The van der Waals surface area contributed by atoms with E-state index in [1.54, 1.807) is 0 Å². The minimum atomic E-state index is -3.81. The van der Waals surface area contributed by atoms with Crippen LogP contribution in [0.25, 0.3) is 0 Å². The van der Waals surface area contributed by atoms with Crippen LogP contribution in [0.5, 0.6) is 5.75 Å². The van der Waals surface area contributed by atoms with Crippen LogP contribution >= 0.6 is 23.2 Å². The number of rotatable bonds is 4. The van der Waals surface area contributed by atoms with Gasteiger partial charge < -0.3 is 10.5 Å². The second-order valence-electron chi connectivity index (χ2n) is 4.13. The summed E-state index contributed by atoms with van der Waals surface area (Å²) in [4.78, 5) is 0.00631. The fourth-order valence-corrected chi connectivity index (χ4v) is 3.28. The Labute approximate surface area is 132 Å². The van der Waals surface area contributed by atoms with Gasteiger partial charge in [-0.1, -0.05) is 23.2 Å². The summed E-state index contributed by atoms with van der Waals surface area (Å²) < 4.78 is 32.0. The number of nitrogens with one attached hydrogen (secondary N) is 1. The van der Waals surface area contributed by atoms with Crippen LogP contribution in [0.3, 0.4) is 0 Å². The zero-order valence-corrected chi connectivity index (χ0v) is 13.3. The Morgan fingerprint density at radius 3 is 2.43 bits per heavy atom. The summed E-state index contributed by atoms with van der Waals surface area (Å²) in [5.74, 6) is 0.401. The molecule has 0 fully saturated rings. The van der Waals surface area contributed by atoms with Crippen molar-refractivity contribution >= 4 is 44.6 Å². The second kappa shape index (κ2) is 6.01. The molecule has 0 unspecified atom stereocenters. The van der Waals surface area contributed by atoms with Gasteiger partial charge in [0.2, 0.25) is 0 Å². The number of ether oxygens (including phenoxy) is 1. The van der Waals surface area contributed by atoms with Crippen molar-refractivity contribution in [3.63, 3.8) is 0 Å². The van der Waals surface area contributed by atoms with Gasteiger partial charge in [-0.3, -0.25) is 4.72 Å². The van der Waals surface area contributed by atoms with E-state index in [4.69, 9.17) is 33.7 Å². The first-order valence-electron chi connectivity index (χ1n) is 5.75. The van der Waals surface area contributed by atoms with Crippen molar-refractivity contribution in [3.8, 4) is 5.75 Å². The number of sulfonamides is 1. The molecule has 0 saturated carbocycles. The summed E-state index contributed by atoms with van der Waals surface area (Å²) in [6.07, 6.45) is 0.